The molecule has 114 valence electrons. The predicted molar refractivity (Wildman–Crippen MR) is 80.1 cm³/mol. The largest absolute Gasteiger partial charge is 0.335 e. The van der Waals surface area contributed by atoms with Crippen molar-refractivity contribution in [3.63, 3.8) is 0 Å². The molecule has 6 heteroatoms. The zero-order valence-electron chi connectivity index (χ0n) is 12.5. The number of nitrogens with zero attached hydrogens (tertiary/aromatic N) is 3. The lowest BCUT2D eigenvalue weighted by atomic mass is 9.99. The van der Waals surface area contributed by atoms with Crippen LogP contribution in [0.2, 0.25) is 0 Å². The van der Waals surface area contributed by atoms with Crippen LogP contribution in [0, 0.1) is 0 Å². The van der Waals surface area contributed by atoms with Crippen LogP contribution >= 0.6 is 0 Å². The standard InChI is InChI=1S/C14H25N3O2S/c1-3-5-9-16-11-8-15-14(16)13-7-6-10-17(12-13)20(18,19)4-2/h8,11,13H,3-7,9-10,12H2,1-2H3. The van der Waals surface area contributed by atoms with Gasteiger partial charge in [0.2, 0.25) is 10.0 Å². The van der Waals surface area contributed by atoms with Crippen LogP contribution in [-0.4, -0.2) is 41.1 Å². The number of unbranched alkanes of at least 4 members (excludes halogenated alkanes) is 1. The SMILES string of the molecule is CCCCn1ccnc1C1CCCN(S(=O)(=O)CC)C1. The third-order valence-corrected chi connectivity index (χ3v) is 5.86. The van der Waals surface area contributed by atoms with E-state index in [4.69, 9.17) is 0 Å². The van der Waals surface area contributed by atoms with Gasteiger partial charge in [-0.15, -0.1) is 0 Å². The fourth-order valence-corrected chi connectivity index (χ4v) is 3.97. The average molecular weight is 299 g/mol. The lowest BCUT2D eigenvalue weighted by molar-refractivity contribution is 0.304. The second-order valence-corrected chi connectivity index (χ2v) is 7.69. The lowest BCUT2D eigenvalue weighted by Gasteiger charge is -2.31. The lowest BCUT2D eigenvalue weighted by Crippen LogP contribution is -2.40. The first kappa shape index (κ1) is 15.5. The summed E-state index contributed by atoms with van der Waals surface area (Å²) in [7, 11) is -3.08. The molecule has 0 N–H and O–H groups in total. The summed E-state index contributed by atoms with van der Waals surface area (Å²) in [5, 5.41) is 0. The maximum Gasteiger partial charge on any atom is 0.213 e. The van der Waals surface area contributed by atoms with E-state index in [1.165, 1.54) is 0 Å². The van der Waals surface area contributed by atoms with Crippen LogP contribution in [-0.2, 0) is 16.6 Å². The number of piperidine rings is 1. The molecule has 2 rings (SSSR count). The number of sulfonamides is 1. The predicted octanol–water partition coefficient (Wildman–Crippen LogP) is 2.21. The molecular weight excluding hydrogens is 274 g/mol. The van der Waals surface area contributed by atoms with Gasteiger partial charge in [0.05, 0.1) is 5.75 Å². The fraction of sp³-hybridized carbons (Fsp3) is 0.786. The van der Waals surface area contributed by atoms with Crippen molar-refractivity contribution >= 4 is 10.0 Å². The molecule has 1 aliphatic rings. The Morgan fingerprint density at radius 2 is 2.20 bits per heavy atom. The summed E-state index contributed by atoms with van der Waals surface area (Å²) in [4.78, 5) is 4.48. The molecule has 1 fully saturated rings. The molecular formula is C14H25N3O2S. The number of hydrogen-bond acceptors (Lipinski definition) is 3. The summed E-state index contributed by atoms with van der Waals surface area (Å²) < 4.78 is 27.9. The molecule has 0 amide bonds. The number of rotatable bonds is 6. The zero-order valence-corrected chi connectivity index (χ0v) is 13.3. The van der Waals surface area contributed by atoms with Gasteiger partial charge in [0.1, 0.15) is 5.82 Å². The molecule has 0 aliphatic carbocycles. The Morgan fingerprint density at radius 1 is 1.40 bits per heavy atom. The van der Waals surface area contributed by atoms with Crippen LogP contribution < -0.4 is 0 Å². The molecule has 1 aromatic heterocycles. The minimum absolute atomic E-state index is 0.185. The highest BCUT2D eigenvalue weighted by molar-refractivity contribution is 7.89. The minimum Gasteiger partial charge on any atom is -0.335 e. The Balaban J connectivity index is 2.11. The van der Waals surface area contributed by atoms with Crippen LogP contribution in [0.25, 0.3) is 0 Å². The van der Waals surface area contributed by atoms with E-state index in [1.807, 2.05) is 12.4 Å². The van der Waals surface area contributed by atoms with Crippen LogP contribution in [0.1, 0.15) is 51.3 Å². The number of aromatic nitrogens is 2. The number of imidazole rings is 1. The second kappa shape index (κ2) is 6.72. The van der Waals surface area contributed by atoms with Crippen LogP contribution in [0.4, 0.5) is 0 Å². The van der Waals surface area contributed by atoms with Gasteiger partial charge in [-0.1, -0.05) is 13.3 Å². The van der Waals surface area contributed by atoms with Crippen molar-refractivity contribution in [3.05, 3.63) is 18.2 Å². The third kappa shape index (κ3) is 3.41. The van der Waals surface area contributed by atoms with Crippen LogP contribution in [0.15, 0.2) is 12.4 Å². The van der Waals surface area contributed by atoms with Gasteiger partial charge in [-0.25, -0.2) is 17.7 Å². The number of hydrogen-bond donors (Lipinski definition) is 0. The monoisotopic (exact) mass is 299 g/mol. The highest BCUT2D eigenvalue weighted by atomic mass is 32.2. The summed E-state index contributed by atoms with van der Waals surface area (Å²) in [5.41, 5.74) is 0. The Labute approximate surface area is 122 Å². The van der Waals surface area contributed by atoms with Gasteiger partial charge < -0.3 is 4.57 Å². The van der Waals surface area contributed by atoms with Gasteiger partial charge in [-0.3, -0.25) is 0 Å². The van der Waals surface area contributed by atoms with Crippen molar-refractivity contribution in [2.75, 3.05) is 18.8 Å². The molecule has 0 spiro atoms. The molecule has 1 atom stereocenters. The molecule has 20 heavy (non-hydrogen) atoms. The molecule has 2 heterocycles. The van der Waals surface area contributed by atoms with Gasteiger partial charge in [-0.2, -0.15) is 0 Å². The Morgan fingerprint density at radius 3 is 2.90 bits per heavy atom. The summed E-state index contributed by atoms with van der Waals surface area (Å²) in [6.07, 6.45) is 8.08. The second-order valence-electron chi connectivity index (χ2n) is 5.43. The Bertz CT molecular complexity index is 524. The summed E-state index contributed by atoms with van der Waals surface area (Å²) >= 11 is 0. The van der Waals surface area contributed by atoms with E-state index in [0.29, 0.717) is 13.1 Å². The normalized spacial score (nSPS) is 21.2. The summed E-state index contributed by atoms with van der Waals surface area (Å²) in [6, 6.07) is 0. The van der Waals surface area contributed by atoms with Gasteiger partial charge in [0.25, 0.3) is 0 Å². The Kier molecular flexibility index (Phi) is 5.21. The van der Waals surface area contributed by atoms with E-state index < -0.39 is 10.0 Å². The van der Waals surface area contributed by atoms with Gasteiger partial charge in [0, 0.05) is 37.9 Å². The molecule has 1 aliphatic heterocycles. The maximum absolute atomic E-state index is 12.0. The smallest absolute Gasteiger partial charge is 0.213 e. The number of aryl methyl sites for hydroxylation is 1. The van der Waals surface area contributed by atoms with Crippen molar-refractivity contribution < 1.29 is 8.42 Å². The fourth-order valence-electron chi connectivity index (χ4n) is 2.79. The van der Waals surface area contributed by atoms with Crippen molar-refractivity contribution in [3.8, 4) is 0 Å². The average Bonchev–Trinajstić information content (AvgIpc) is 2.93. The molecule has 1 saturated heterocycles. The highest BCUT2D eigenvalue weighted by Gasteiger charge is 2.30. The molecule has 1 aromatic rings. The van der Waals surface area contributed by atoms with E-state index in [2.05, 4.69) is 16.5 Å². The van der Waals surface area contributed by atoms with Crippen molar-refractivity contribution in [2.24, 2.45) is 0 Å². The Hall–Kier alpha value is -0.880. The van der Waals surface area contributed by atoms with E-state index in [1.54, 1.807) is 11.2 Å². The molecule has 0 aromatic carbocycles. The van der Waals surface area contributed by atoms with E-state index >= 15 is 0 Å². The van der Waals surface area contributed by atoms with Crippen molar-refractivity contribution in [1.82, 2.24) is 13.9 Å². The highest BCUT2D eigenvalue weighted by Crippen LogP contribution is 2.27. The van der Waals surface area contributed by atoms with Crippen LogP contribution in [0.5, 0.6) is 0 Å². The van der Waals surface area contributed by atoms with Gasteiger partial charge in [-0.05, 0) is 26.2 Å². The van der Waals surface area contributed by atoms with E-state index in [-0.39, 0.29) is 11.7 Å². The molecule has 1 unspecified atom stereocenters. The molecule has 0 saturated carbocycles. The van der Waals surface area contributed by atoms with E-state index in [9.17, 15) is 8.42 Å². The minimum atomic E-state index is -3.08. The first-order valence-electron chi connectivity index (χ1n) is 7.57. The molecule has 5 nitrogen and oxygen atoms in total. The topological polar surface area (TPSA) is 55.2 Å². The quantitative estimate of drug-likeness (QED) is 0.809. The van der Waals surface area contributed by atoms with E-state index in [0.717, 1.165) is 38.1 Å². The van der Waals surface area contributed by atoms with Crippen molar-refractivity contribution in [1.29, 1.82) is 0 Å². The summed E-state index contributed by atoms with van der Waals surface area (Å²) in [6.45, 7) is 6.10. The zero-order chi connectivity index (χ0) is 14.6. The van der Waals surface area contributed by atoms with Gasteiger partial charge in [0.15, 0.2) is 0 Å². The van der Waals surface area contributed by atoms with Crippen molar-refractivity contribution in [2.45, 2.75) is 52.0 Å². The van der Waals surface area contributed by atoms with Crippen LogP contribution in [0.3, 0.4) is 0 Å². The maximum atomic E-state index is 12.0. The summed E-state index contributed by atoms with van der Waals surface area (Å²) in [5.74, 6) is 1.47. The molecule has 0 radical (unpaired) electrons. The first-order chi connectivity index (χ1) is 9.58. The molecule has 0 bridgehead atoms. The first-order valence-corrected chi connectivity index (χ1v) is 9.18. The van der Waals surface area contributed by atoms with Gasteiger partial charge >= 0.3 is 0 Å². The third-order valence-electron chi connectivity index (χ3n) is 4.01.